The molecular weight excluding hydrogens is 955 g/mol. The summed E-state index contributed by atoms with van der Waals surface area (Å²) in [5.41, 5.74) is 24.2. The first-order valence-corrected chi connectivity index (χ1v) is 26.4. The van der Waals surface area contributed by atoms with Crippen molar-refractivity contribution in [3.8, 4) is 0 Å². The maximum Gasteiger partial charge on any atom is 0.243 e. The van der Waals surface area contributed by atoms with Crippen LogP contribution >= 0.6 is 0 Å². The molecule has 0 bridgehead atoms. The molecule has 1 aliphatic heterocycles. The van der Waals surface area contributed by atoms with E-state index in [-0.39, 0.29) is 102 Å². The largest absolute Gasteiger partial charge is 0.393 e. The van der Waals surface area contributed by atoms with Crippen molar-refractivity contribution in [1.29, 1.82) is 0 Å². The molecule has 1 aromatic carbocycles. The highest BCUT2D eigenvalue weighted by atomic mass is 16.3. The zero-order valence-electron chi connectivity index (χ0n) is 44.5. The second-order valence-electron chi connectivity index (χ2n) is 20.2. The van der Waals surface area contributed by atoms with Gasteiger partial charge in [0.1, 0.15) is 48.3 Å². The maximum absolute atomic E-state index is 14.4. The topological polar surface area (TPSA) is 386 Å². The number of amides is 9. The van der Waals surface area contributed by atoms with Crippen molar-refractivity contribution < 1.29 is 48.3 Å². The molecule has 1 heterocycles. The second kappa shape index (κ2) is 34.7. The minimum absolute atomic E-state index is 0.0340. The van der Waals surface area contributed by atoms with E-state index in [4.69, 9.17) is 22.9 Å². The zero-order chi connectivity index (χ0) is 55.3. The van der Waals surface area contributed by atoms with Crippen LogP contribution in [0.2, 0.25) is 0 Å². The first-order chi connectivity index (χ1) is 35.2. The summed E-state index contributed by atoms with van der Waals surface area (Å²) in [5, 5.41) is 34.9. The fourth-order valence-electron chi connectivity index (χ4n) is 8.25. The number of nitrogens with two attached hydrogens (primary N) is 4. The van der Waals surface area contributed by atoms with Gasteiger partial charge in [0, 0.05) is 13.0 Å². The van der Waals surface area contributed by atoms with Gasteiger partial charge in [0.15, 0.2) is 0 Å². The molecule has 23 nitrogen and oxygen atoms in total. The summed E-state index contributed by atoms with van der Waals surface area (Å²) in [5.74, 6) is -6.68. The van der Waals surface area contributed by atoms with Crippen molar-refractivity contribution in [2.45, 2.75) is 179 Å². The summed E-state index contributed by atoms with van der Waals surface area (Å²) in [6, 6.07) is -1.46. The molecule has 418 valence electrons. The number of hydrogen-bond acceptors (Lipinski definition) is 14. The highest BCUT2D eigenvalue weighted by Gasteiger charge is 2.36. The van der Waals surface area contributed by atoms with Crippen LogP contribution in [0.4, 0.5) is 0 Å². The summed E-state index contributed by atoms with van der Waals surface area (Å²) >= 11 is 0. The van der Waals surface area contributed by atoms with Crippen LogP contribution in [-0.2, 0) is 49.6 Å². The second-order valence-corrected chi connectivity index (χ2v) is 20.2. The Labute approximate surface area is 436 Å². The van der Waals surface area contributed by atoms with E-state index in [1.54, 1.807) is 30.3 Å². The third kappa shape index (κ3) is 24.1. The lowest BCUT2D eigenvalue weighted by molar-refractivity contribution is -0.136. The van der Waals surface area contributed by atoms with Crippen molar-refractivity contribution in [2.75, 3.05) is 32.7 Å². The summed E-state index contributed by atoms with van der Waals surface area (Å²) in [4.78, 5) is 126. The van der Waals surface area contributed by atoms with E-state index >= 15 is 0 Å². The van der Waals surface area contributed by atoms with E-state index in [1.807, 2.05) is 41.5 Å². The molecule has 23 heteroatoms. The Balaban J connectivity index is 2.71. The third-order valence-electron chi connectivity index (χ3n) is 12.7. The van der Waals surface area contributed by atoms with Gasteiger partial charge in [-0.3, -0.25) is 43.2 Å². The molecule has 1 aliphatic rings. The number of benzene rings is 1. The van der Waals surface area contributed by atoms with Crippen LogP contribution in [0.15, 0.2) is 30.3 Å². The molecule has 9 amide bonds. The molecule has 0 saturated carbocycles. The lowest BCUT2D eigenvalue weighted by Gasteiger charge is -2.28. The van der Waals surface area contributed by atoms with Crippen LogP contribution in [0.1, 0.15) is 124 Å². The molecule has 0 aromatic heterocycles. The van der Waals surface area contributed by atoms with E-state index in [0.717, 1.165) is 6.42 Å². The van der Waals surface area contributed by atoms with E-state index in [9.17, 15) is 48.3 Å². The van der Waals surface area contributed by atoms with Gasteiger partial charge in [0.2, 0.25) is 53.2 Å². The summed E-state index contributed by atoms with van der Waals surface area (Å²) in [7, 11) is 0. The van der Waals surface area contributed by atoms with E-state index in [2.05, 4.69) is 47.9 Å². The molecule has 1 unspecified atom stereocenters. The molecule has 0 spiro atoms. The molecular formula is C51H89N13O10. The summed E-state index contributed by atoms with van der Waals surface area (Å²) in [6.07, 6.45) is 0.806. The average Bonchev–Trinajstić information content (AvgIpc) is 3.34. The van der Waals surface area contributed by atoms with Crippen molar-refractivity contribution in [2.24, 2.45) is 40.7 Å². The van der Waals surface area contributed by atoms with E-state index in [0.29, 0.717) is 30.7 Å². The van der Waals surface area contributed by atoms with Crippen LogP contribution in [0.25, 0.3) is 0 Å². The Kier molecular flexibility index (Phi) is 30.2. The highest BCUT2D eigenvalue weighted by Crippen LogP contribution is 2.14. The number of carbonyl (C=O) groups is 9. The first kappa shape index (κ1) is 64.4. The number of rotatable bonds is 24. The minimum atomic E-state index is -1.46. The van der Waals surface area contributed by atoms with Crippen LogP contribution < -0.4 is 70.8 Å². The molecule has 0 aliphatic carbocycles. The number of aliphatic hydroxyl groups is 1. The number of nitrogens with one attached hydrogen (secondary N) is 9. The van der Waals surface area contributed by atoms with Gasteiger partial charge in [-0.1, -0.05) is 78.3 Å². The predicted molar refractivity (Wildman–Crippen MR) is 281 cm³/mol. The zero-order valence-corrected chi connectivity index (χ0v) is 44.5. The van der Waals surface area contributed by atoms with Crippen molar-refractivity contribution in [1.82, 2.24) is 47.9 Å². The fraction of sp³-hybridized carbons (Fsp3) is 0.706. The van der Waals surface area contributed by atoms with Gasteiger partial charge < -0.3 is 75.9 Å². The molecule has 2 rings (SSSR count). The third-order valence-corrected chi connectivity index (χ3v) is 12.7. The van der Waals surface area contributed by atoms with Crippen LogP contribution in [0, 0.1) is 17.8 Å². The maximum atomic E-state index is 14.4. The number of hydrogen-bond donors (Lipinski definition) is 14. The van der Waals surface area contributed by atoms with Gasteiger partial charge in [-0.2, -0.15) is 0 Å². The highest BCUT2D eigenvalue weighted by molar-refractivity contribution is 5.98. The fourth-order valence-corrected chi connectivity index (χ4v) is 8.25. The van der Waals surface area contributed by atoms with Gasteiger partial charge in [-0.15, -0.1) is 0 Å². The lowest BCUT2D eigenvalue weighted by atomic mass is 9.99. The number of aliphatic hydroxyl groups excluding tert-OH is 1. The lowest BCUT2D eigenvalue weighted by Crippen LogP contribution is -2.61. The number of carbonyl (C=O) groups excluding carboxylic acids is 9. The quantitative estimate of drug-likeness (QED) is 0.0537. The van der Waals surface area contributed by atoms with Gasteiger partial charge in [-0.05, 0) is 114 Å². The standard InChI is InChI=1S/C51H89N13O10/c1-7-32(6)15-16-34(65)29-43(66)57-36(17-22-53)46(69)61-39-20-25-56-44(67)40(26-30(2)3)62-45(68)35(14-11-21-52)58-47(70)37(18-23-54)60-51(74)42(28-33-12-9-8-10-13-33)64-50(73)41(27-31(4)5)63-48(71)38(19-24-55)59-49(39)72/h8-10,12-13,30-32,34-42,65H,7,11,14-29,52-55H2,1-6H3,(H,56,67)(H,57,66)(H,58,70)(H,59,72)(H,60,74)(H,61,69)(H,62,68)(H,63,71)(H,64,73)/t32?,34-,35+,36-,37+,38+,39+,40+,41-,42+/m1/s1. The Morgan fingerprint density at radius 2 is 1.09 bits per heavy atom. The first-order valence-electron chi connectivity index (χ1n) is 26.4. The van der Waals surface area contributed by atoms with Gasteiger partial charge in [0.25, 0.3) is 0 Å². The van der Waals surface area contributed by atoms with Crippen molar-refractivity contribution >= 4 is 53.2 Å². The van der Waals surface area contributed by atoms with E-state index < -0.39 is 108 Å². The molecule has 1 saturated heterocycles. The Bertz CT molecular complexity index is 1940. The molecule has 0 radical (unpaired) electrons. The van der Waals surface area contributed by atoms with Crippen LogP contribution in [-0.4, -0.2) is 145 Å². The van der Waals surface area contributed by atoms with Gasteiger partial charge in [-0.25, -0.2) is 0 Å². The summed E-state index contributed by atoms with van der Waals surface area (Å²) in [6.45, 7) is 11.1. The average molecular weight is 1040 g/mol. The van der Waals surface area contributed by atoms with Crippen molar-refractivity contribution in [3.63, 3.8) is 0 Å². The predicted octanol–water partition coefficient (Wildman–Crippen LogP) is -1.92. The normalized spacial score (nSPS) is 23.5. The van der Waals surface area contributed by atoms with Crippen LogP contribution in [0.3, 0.4) is 0 Å². The summed E-state index contributed by atoms with van der Waals surface area (Å²) < 4.78 is 0. The Morgan fingerprint density at radius 1 is 0.608 bits per heavy atom. The molecule has 18 N–H and O–H groups in total. The SMILES string of the molecule is CCC(C)CC[C@@H](O)CC(=O)N[C@H](CCN)C(=O)N[C@H]1CCNC(=O)[C@H](CC(C)C)NC(=O)[C@H](CCCN)NC(=O)[C@H](CCN)NC(=O)[C@H](Cc2ccccc2)NC(=O)[C@@H](CC(C)C)NC(=O)[C@H](CCN)NC1=O. The molecule has 1 aromatic rings. The van der Waals surface area contributed by atoms with Gasteiger partial charge in [0.05, 0.1) is 12.5 Å². The Hall–Kier alpha value is -5.75. The van der Waals surface area contributed by atoms with E-state index in [1.165, 1.54) is 0 Å². The molecule has 1 fully saturated rings. The van der Waals surface area contributed by atoms with Crippen molar-refractivity contribution in [3.05, 3.63) is 35.9 Å². The molecule has 74 heavy (non-hydrogen) atoms. The smallest absolute Gasteiger partial charge is 0.243 e. The van der Waals surface area contributed by atoms with Crippen LogP contribution in [0.5, 0.6) is 0 Å². The minimum Gasteiger partial charge on any atom is -0.393 e. The molecule has 10 atom stereocenters. The Morgan fingerprint density at radius 3 is 1.61 bits per heavy atom. The monoisotopic (exact) mass is 1040 g/mol. The van der Waals surface area contributed by atoms with Gasteiger partial charge >= 0.3 is 0 Å².